The number of hydrogen-bond acceptors (Lipinski definition) is 8. The average Bonchev–Trinajstić information content (AvgIpc) is 2.49. The minimum atomic E-state index is -0.804. The van der Waals surface area contributed by atoms with Crippen LogP contribution in [0.25, 0.3) is 0 Å². The minimum absolute atomic E-state index is 0.0186. The Hall–Kier alpha value is -3.14. The van der Waals surface area contributed by atoms with Gasteiger partial charge in [0.05, 0.1) is 17.3 Å². The van der Waals surface area contributed by atoms with Crippen LogP contribution in [0.1, 0.15) is 5.56 Å². The molecule has 1 heterocycles. The molecule has 0 spiro atoms. The summed E-state index contributed by atoms with van der Waals surface area (Å²) >= 11 is 5.82. The number of nitrogens with one attached hydrogen (secondary N) is 1. The highest BCUT2D eigenvalue weighted by molar-refractivity contribution is 6.32. The Labute approximate surface area is 133 Å². The van der Waals surface area contributed by atoms with Gasteiger partial charge >= 0.3 is 5.69 Å². The number of nitro groups is 1. The van der Waals surface area contributed by atoms with Crippen LogP contribution in [0.3, 0.4) is 0 Å². The fraction of sp³-hybridized carbons (Fsp3) is 0.0833. The van der Waals surface area contributed by atoms with Crippen LogP contribution in [-0.2, 0) is 7.05 Å². The first kappa shape index (κ1) is 16.2. The van der Waals surface area contributed by atoms with Crippen LogP contribution in [0.4, 0.5) is 11.4 Å². The highest BCUT2D eigenvalue weighted by Crippen LogP contribution is 2.32. The van der Waals surface area contributed by atoms with Gasteiger partial charge in [0.25, 0.3) is 5.56 Å². The highest BCUT2D eigenvalue weighted by Gasteiger charge is 2.16. The van der Waals surface area contributed by atoms with Gasteiger partial charge in [-0.3, -0.25) is 20.3 Å². The highest BCUT2D eigenvalue weighted by atomic mass is 35.5. The molecule has 3 N–H and O–H groups in total. The maximum absolute atomic E-state index is 11.6. The van der Waals surface area contributed by atoms with E-state index in [4.69, 9.17) is 11.6 Å². The Morgan fingerprint density at radius 1 is 1.43 bits per heavy atom. The second-order valence-corrected chi connectivity index (χ2v) is 4.71. The number of anilines is 1. The third kappa shape index (κ3) is 3.37. The molecule has 0 bridgehead atoms. The molecule has 0 saturated heterocycles. The zero-order valence-electron chi connectivity index (χ0n) is 11.6. The molecule has 1 aromatic carbocycles. The lowest BCUT2D eigenvalue weighted by atomic mass is 10.2. The predicted octanol–water partition coefficient (Wildman–Crippen LogP) is 1.20. The van der Waals surface area contributed by atoms with Gasteiger partial charge in [-0.2, -0.15) is 10.2 Å². The number of phenolic OH excluding ortho intramolecular Hbond substituents is 2. The Kier molecular flexibility index (Phi) is 4.46. The van der Waals surface area contributed by atoms with Gasteiger partial charge in [-0.1, -0.05) is 11.6 Å². The molecule has 0 amide bonds. The monoisotopic (exact) mass is 339 g/mol. The quantitative estimate of drug-likeness (QED) is 0.431. The number of phenols is 2. The third-order valence-electron chi connectivity index (χ3n) is 2.79. The summed E-state index contributed by atoms with van der Waals surface area (Å²) in [5, 5.41) is 37.1. The van der Waals surface area contributed by atoms with Crippen molar-refractivity contribution < 1.29 is 15.1 Å². The van der Waals surface area contributed by atoms with Gasteiger partial charge in [-0.25, -0.2) is 4.68 Å². The SMILES string of the molecule is Cn1ncc(N/N=C\c2cc([N+](=O)[O-])c(O)cc2O)c(Cl)c1=O. The molecule has 0 aliphatic heterocycles. The van der Waals surface area contributed by atoms with Crippen LogP contribution < -0.4 is 11.0 Å². The maximum atomic E-state index is 11.6. The van der Waals surface area contributed by atoms with Crippen LogP contribution in [-0.4, -0.2) is 31.1 Å². The van der Waals surface area contributed by atoms with Gasteiger partial charge in [0.15, 0.2) is 5.75 Å². The normalized spacial score (nSPS) is 10.9. The molecule has 0 aliphatic rings. The van der Waals surface area contributed by atoms with E-state index in [1.165, 1.54) is 13.2 Å². The van der Waals surface area contributed by atoms with Gasteiger partial charge < -0.3 is 10.2 Å². The Balaban J connectivity index is 2.28. The number of hydrogen-bond donors (Lipinski definition) is 3. The number of halogens is 1. The molecule has 0 radical (unpaired) electrons. The van der Waals surface area contributed by atoms with Crippen molar-refractivity contribution in [1.82, 2.24) is 9.78 Å². The van der Waals surface area contributed by atoms with Crippen molar-refractivity contribution in [2.45, 2.75) is 0 Å². The van der Waals surface area contributed by atoms with Gasteiger partial charge in [0, 0.05) is 24.7 Å². The Morgan fingerprint density at radius 2 is 2.13 bits per heavy atom. The lowest BCUT2D eigenvalue weighted by Crippen LogP contribution is -2.20. The first-order valence-electron chi connectivity index (χ1n) is 6.02. The van der Waals surface area contributed by atoms with Crippen molar-refractivity contribution in [3.05, 3.63) is 49.4 Å². The predicted molar refractivity (Wildman–Crippen MR) is 82.1 cm³/mol. The molecule has 0 atom stereocenters. The fourth-order valence-electron chi connectivity index (χ4n) is 1.59. The van der Waals surface area contributed by atoms with Crippen LogP contribution in [0.5, 0.6) is 11.5 Å². The summed E-state index contributed by atoms with van der Waals surface area (Å²) < 4.78 is 1.03. The van der Waals surface area contributed by atoms with Gasteiger partial charge in [0.2, 0.25) is 0 Å². The molecular formula is C12H10ClN5O5. The minimum Gasteiger partial charge on any atom is -0.507 e. The van der Waals surface area contributed by atoms with Gasteiger partial charge in [-0.15, -0.1) is 0 Å². The van der Waals surface area contributed by atoms with Crippen LogP contribution in [0.15, 0.2) is 28.2 Å². The number of aryl methyl sites for hydroxylation is 1. The van der Waals surface area contributed by atoms with Crippen molar-refractivity contribution in [3.8, 4) is 11.5 Å². The number of rotatable bonds is 4. The van der Waals surface area contributed by atoms with E-state index in [0.29, 0.717) is 0 Å². The summed E-state index contributed by atoms with van der Waals surface area (Å²) in [6, 6.07) is 1.77. The molecule has 0 unspecified atom stereocenters. The van der Waals surface area contributed by atoms with Crippen molar-refractivity contribution in [3.63, 3.8) is 0 Å². The van der Waals surface area contributed by atoms with E-state index in [1.807, 2.05) is 0 Å². The van der Waals surface area contributed by atoms with Crippen molar-refractivity contribution in [1.29, 1.82) is 0 Å². The first-order valence-corrected chi connectivity index (χ1v) is 6.40. The summed E-state index contributed by atoms with van der Waals surface area (Å²) in [4.78, 5) is 21.5. The topological polar surface area (TPSA) is 143 Å². The summed E-state index contributed by atoms with van der Waals surface area (Å²) in [5.41, 5.74) is 1.43. The van der Waals surface area contributed by atoms with Crippen LogP contribution in [0.2, 0.25) is 5.02 Å². The number of aromatic hydroxyl groups is 2. The van der Waals surface area contributed by atoms with Crippen molar-refractivity contribution >= 4 is 29.2 Å². The number of hydrazone groups is 1. The zero-order chi connectivity index (χ0) is 17.1. The van der Waals surface area contributed by atoms with E-state index in [9.17, 15) is 25.1 Å². The van der Waals surface area contributed by atoms with Crippen LogP contribution >= 0.6 is 11.6 Å². The summed E-state index contributed by atoms with van der Waals surface area (Å²) in [5.74, 6) is -1.08. The molecule has 2 rings (SSSR count). The number of aromatic nitrogens is 2. The number of nitro benzene ring substituents is 1. The van der Waals surface area contributed by atoms with Crippen molar-refractivity contribution in [2.75, 3.05) is 5.43 Å². The van der Waals surface area contributed by atoms with Gasteiger partial charge in [-0.05, 0) is 0 Å². The zero-order valence-corrected chi connectivity index (χ0v) is 12.4. The lowest BCUT2D eigenvalue weighted by Gasteiger charge is -2.04. The standard InChI is InChI=1S/C12H10ClN5O5/c1-17-12(21)11(13)7(5-15-17)16-14-4-6-2-8(18(22)23)10(20)3-9(6)19/h2-5,16,19-20H,1H3/b14-4-. The van der Waals surface area contributed by atoms with E-state index in [1.54, 1.807) is 0 Å². The van der Waals surface area contributed by atoms with Crippen LogP contribution in [0, 0.1) is 10.1 Å². The smallest absolute Gasteiger partial charge is 0.311 e. The molecule has 23 heavy (non-hydrogen) atoms. The number of benzene rings is 1. The van der Waals surface area contributed by atoms with E-state index in [2.05, 4.69) is 15.6 Å². The summed E-state index contributed by atoms with van der Waals surface area (Å²) in [6.07, 6.45) is 2.33. The maximum Gasteiger partial charge on any atom is 0.311 e. The molecule has 0 aliphatic carbocycles. The molecule has 1 aromatic heterocycles. The van der Waals surface area contributed by atoms with E-state index >= 15 is 0 Å². The Bertz CT molecular complexity index is 864. The first-order chi connectivity index (χ1) is 10.8. The van der Waals surface area contributed by atoms with E-state index in [0.717, 1.165) is 23.0 Å². The summed E-state index contributed by atoms with van der Waals surface area (Å²) in [6.45, 7) is 0. The molecule has 10 nitrogen and oxygen atoms in total. The van der Waals surface area contributed by atoms with Gasteiger partial charge in [0.1, 0.15) is 16.5 Å². The molecular weight excluding hydrogens is 330 g/mol. The molecule has 11 heteroatoms. The Morgan fingerprint density at radius 3 is 2.78 bits per heavy atom. The molecule has 2 aromatic rings. The lowest BCUT2D eigenvalue weighted by molar-refractivity contribution is -0.385. The average molecular weight is 340 g/mol. The van der Waals surface area contributed by atoms with Crippen molar-refractivity contribution in [2.24, 2.45) is 12.1 Å². The third-order valence-corrected chi connectivity index (χ3v) is 3.15. The molecule has 120 valence electrons. The van der Waals surface area contributed by atoms with E-state index < -0.39 is 27.7 Å². The molecule has 0 saturated carbocycles. The van der Waals surface area contributed by atoms with E-state index in [-0.39, 0.29) is 16.3 Å². The largest absolute Gasteiger partial charge is 0.507 e. The number of nitrogens with zero attached hydrogens (tertiary/aromatic N) is 4. The summed E-state index contributed by atoms with van der Waals surface area (Å²) in [7, 11) is 1.43. The molecule has 0 fully saturated rings. The fourth-order valence-corrected chi connectivity index (χ4v) is 1.80. The second kappa shape index (κ2) is 6.32. The second-order valence-electron chi connectivity index (χ2n) is 4.33.